The molecule has 13 nitrogen and oxygen atoms in total. The number of nitrogens with zero attached hydrogens (tertiary/aromatic N) is 4. The first-order valence-corrected chi connectivity index (χ1v) is 12.9. The van der Waals surface area contributed by atoms with Crippen LogP contribution < -0.4 is 10.6 Å². The molecule has 0 aromatic carbocycles. The summed E-state index contributed by atoms with van der Waals surface area (Å²) in [4.78, 5) is 64.3. The molecule has 0 aliphatic carbocycles. The molecule has 38 heavy (non-hydrogen) atoms. The second kappa shape index (κ2) is 11.8. The van der Waals surface area contributed by atoms with Crippen molar-refractivity contribution in [3.8, 4) is 0 Å². The topological polar surface area (TPSA) is 163 Å². The van der Waals surface area contributed by atoms with E-state index in [2.05, 4.69) is 15.7 Å². The highest BCUT2D eigenvalue weighted by Crippen LogP contribution is 2.24. The van der Waals surface area contributed by atoms with Crippen molar-refractivity contribution >= 4 is 29.8 Å². The molecule has 0 radical (unpaired) electrons. The van der Waals surface area contributed by atoms with Gasteiger partial charge in [-0.25, -0.2) is 9.59 Å². The summed E-state index contributed by atoms with van der Waals surface area (Å²) in [6, 6.07) is -0.803. The molecule has 2 atom stereocenters. The zero-order chi connectivity index (χ0) is 28.2. The fraction of sp³-hybridized carbons (Fsp3) is 0.680. The van der Waals surface area contributed by atoms with Gasteiger partial charge in [0.2, 0.25) is 5.91 Å². The van der Waals surface area contributed by atoms with Crippen molar-refractivity contribution in [2.75, 3.05) is 26.2 Å². The Kier molecular flexibility index (Phi) is 9.00. The minimum Gasteiger partial charge on any atom is -0.480 e. The van der Waals surface area contributed by atoms with Crippen LogP contribution in [0.5, 0.6) is 0 Å². The quantitative estimate of drug-likeness (QED) is 0.446. The third-order valence-electron chi connectivity index (χ3n) is 6.66. The number of carboxylic acid groups (broad SMARTS) is 1. The molecule has 4 amide bonds. The Morgan fingerprint density at radius 3 is 2.37 bits per heavy atom. The van der Waals surface area contributed by atoms with Gasteiger partial charge in [-0.2, -0.15) is 5.10 Å². The number of nitrogens with one attached hydrogen (secondary N) is 2. The molecule has 3 heterocycles. The standard InChI is InChI=1S/C25H38N6O7/c1-15(20(23(35)36)27-16(2)32)26-21(33)18-14-19-22(34)29(12-13-31(19)28-18)9-6-17-7-10-30(11-8-17)24(37)38-25(3,4)5/h14-15,17,20H,6-13H2,1-5H3,(H,26,33)(H,27,32)(H,35,36). The lowest BCUT2D eigenvalue weighted by atomic mass is 9.93. The summed E-state index contributed by atoms with van der Waals surface area (Å²) in [7, 11) is 0. The minimum atomic E-state index is -1.30. The van der Waals surface area contributed by atoms with Crippen LogP contribution in [0.2, 0.25) is 0 Å². The van der Waals surface area contributed by atoms with Crippen LogP contribution in [-0.4, -0.2) is 98.3 Å². The Hall–Kier alpha value is -3.64. The van der Waals surface area contributed by atoms with E-state index in [9.17, 15) is 29.1 Å². The van der Waals surface area contributed by atoms with Crippen LogP contribution in [0.3, 0.4) is 0 Å². The summed E-state index contributed by atoms with van der Waals surface area (Å²) in [5, 5.41) is 18.4. The molecule has 2 unspecified atom stereocenters. The first-order chi connectivity index (χ1) is 17.7. The molecule has 1 saturated heterocycles. The van der Waals surface area contributed by atoms with Crippen LogP contribution in [0.25, 0.3) is 0 Å². The predicted molar refractivity (Wildman–Crippen MR) is 135 cm³/mol. The molecule has 2 aliphatic rings. The molecular weight excluding hydrogens is 496 g/mol. The molecule has 0 saturated carbocycles. The van der Waals surface area contributed by atoms with Crippen molar-refractivity contribution in [1.82, 2.24) is 30.2 Å². The number of carbonyl (C=O) groups excluding carboxylic acids is 4. The maximum absolute atomic E-state index is 13.1. The summed E-state index contributed by atoms with van der Waals surface area (Å²) in [6.07, 6.45) is 2.21. The number of hydrogen-bond acceptors (Lipinski definition) is 7. The smallest absolute Gasteiger partial charge is 0.410 e. The van der Waals surface area contributed by atoms with Gasteiger partial charge >= 0.3 is 12.1 Å². The third kappa shape index (κ3) is 7.45. The second-order valence-electron chi connectivity index (χ2n) is 10.9. The van der Waals surface area contributed by atoms with Crippen molar-refractivity contribution in [3.63, 3.8) is 0 Å². The summed E-state index contributed by atoms with van der Waals surface area (Å²) in [6.45, 7) is 10.9. The molecule has 0 spiro atoms. The molecule has 3 N–H and O–H groups in total. The fourth-order valence-corrected chi connectivity index (χ4v) is 4.62. The van der Waals surface area contributed by atoms with Crippen molar-refractivity contribution in [2.24, 2.45) is 5.92 Å². The molecule has 13 heteroatoms. The molecule has 2 aliphatic heterocycles. The van der Waals surface area contributed by atoms with Gasteiger partial charge in [-0.15, -0.1) is 0 Å². The SMILES string of the molecule is CC(=O)NC(C(=O)O)C(C)NC(=O)c1cc2n(n1)CCN(CCC1CCN(C(=O)OC(C)(C)C)CC1)C2=O. The summed E-state index contributed by atoms with van der Waals surface area (Å²) < 4.78 is 6.93. The number of carboxylic acids is 1. The Bertz CT molecular complexity index is 1070. The zero-order valence-electron chi connectivity index (χ0n) is 22.7. The molecule has 1 aromatic rings. The van der Waals surface area contributed by atoms with Gasteiger partial charge in [0, 0.05) is 39.2 Å². The van der Waals surface area contributed by atoms with E-state index in [-0.39, 0.29) is 17.7 Å². The lowest BCUT2D eigenvalue weighted by molar-refractivity contribution is -0.142. The van der Waals surface area contributed by atoms with Gasteiger partial charge in [0.15, 0.2) is 5.69 Å². The van der Waals surface area contributed by atoms with Crippen molar-refractivity contribution in [1.29, 1.82) is 0 Å². The average Bonchev–Trinajstić information content (AvgIpc) is 3.26. The van der Waals surface area contributed by atoms with Crippen LogP contribution in [0, 0.1) is 5.92 Å². The first kappa shape index (κ1) is 28.9. The zero-order valence-corrected chi connectivity index (χ0v) is 22.7. The maximum Gasteiger partial charge on any atom is 0.410 e. The molecule has 210 valence electrons. The molecule has 3 rings (SSSR count). The molecule has 1 aromatic heterocycles. The van der Waals surface area contributed by atoms with Gasteiger partial charge in [0.05, 0.1) is 12.6 Å². The average molecular weight is 535 g/mol. The number of fused-ring (bicyclic) bond motifs is 1. The van der Waals surface area contributed by atoms with E-state index in [1.807, 2.05) is 20.8 Å². The van der Waals surface area contributed by atoms with E-state index >= 15 is 0 Å². The van der Waals surface area contributed by atoms with Gasteiger partial charge in [-0.05, 0) is 52.9 Å². The third-order valence-corrected chi connectivity index (χ3v) is 6.66. The number of aliphatic carboxylic acids is 1. The Balaban J connectivity index is 1.52. The number of rotatable bonds is 8. The van der Waals surface area contributed by atoms with E-state index in [4.69, 9.17) is 4.74 Å². The van der Waals surface area contributed by atoms with Crippen LogP contribution in [0.4, 0.5) is 4.79 Å². The Morgan fingerprint density at radius 1 is 1.13 bits per heavy atom. The Labute approximate surface area is 221 Å². The number of hydrogen-bond donors (Lipinski definition) is 3. The summed E-state index contributed by atoms with van der Waals surface area (Å²) in [5.41, 5.74) is -0.226. The molecular formula is C25H38N6O7. The largest absolute Gasteiger partial charge is 0.480 e. The highest BCUT2D eigenvalue weighted by Gasteiger charge is 2.32. The number of likely N-dealkylation sites (tertiary alicyclic amines) is 1. The second-order valence-corrected chi connectivity index (χ2v) is 10.9. The number of carbonyl (C=O) groups is 5. The van der Waals surface area contributed by atoms with Crippen molar-refractivity contribution < 1.29 is 33.8 Å². The summed E-state index contributed by atoms with van der Waals surface area (Å²) in [5.74, 6) is -2.27. The van der Waals surface area contributed by atoms with Gasteiger partial charge in [0.25, 0.3) is 11.8 Å². The monoisotopic (exact) mass is 534 g/mol. The van der Waals surface area contributed by atoms with E-state index in [0.717, 1.165) is 19.3 Å². The summed E-state index contributed by atoms with van der Waals surface area (Å²) >= 11 is 0. The number of aromatic nitrogens is 2. The maximum atomic E-state index is 13.1. The van der Waals surface area contributed by atoms with Crippen LogP contribution in [0.15, 0.2) is 6.07 Å². The molecule has 0 bridgehead atoms. The fourth-order valence-electron chi connectivity index (χ4n) is 4.62. The normalized spacial score (nSPS) is 17.9. The number of piperidine rings is 1. The van der Waals surface area contributed by atoms with Crippen LogP contribution in [0.1, 0.15) is 74.9 Å². The highest BCUT2D eigenvalue weighted by molar-refractivity contribution is 5.98. The Morgan fingerprint density at radius 2 is 1.79 bits per heavy atom. The minimum absolute atomic E-state index is 0.00327. The van der Waals surface area contributed by atoms with E-state index < -0.39 is 35.5 Å². The van der Waals surface area contributed by atoms with Gasteiger partial charge in [-0.3, -0.25) is 19.1 Å². The number of amides is 4. The highest BCUT2D eigenvalue weighted by atomic mass is 16.6. The van der Waals surface area contributed by atoms with Gasteiger partial charge in [0.1, 0.15) is 17.3 Å². The predicted octanol–water partition coefficient (Wildman–Crippen LogP) is 1.08. The lowest BCUT2D eigenvalue weighted by Crippen LogP contribution is -2.53. The van der Waals surface area contributed by atoms with Gasteiger partial charge in [-0.1, -0.05) is 0 Å². The first-order valence-electron chi connectivity index (χ1n) is 12.9. The van der Waals surface area contributed by atoms with Crippen molar-refractivity contribution in [3.05, 3.63) is 17.5 Å². The van der Waals surface area contributed by atoms with E-state index in [1.165, 1.54) is 24.6 Å². The van der Waals surface area contributed by atoms with E-state index in [1.54, 1.807) is 9.80 Å². The molecule has 1 fully saturated rings. The lowest BCUT2D eigenvalue weighted by Gasteiger charge is -2.34. The van der Waals surface area contributed by atoms with E-state index in [0.29, 0.717) is 44.3 Å². The number of ether oxygens (including phenoxy) is 1. The van der Waals surface area contributed by atoms with Crippen LogP contribution >= 0.6 is 0 Å². The van der Waals surface area contributed by atoms with Crippen molar-refractivity contribution in [2.45, 2.75) is 78.1 Å². The van der Waals surface area contributed by atoms with Crippen LogP contribution in [-0.2, 0) is 20.9 Å². The van der Waals surface area contributed by atoms with Gasteiger partial charge < -0.3 is 30.3 Å².